The van der Waals surface area contributed by atoms with Crippen LogP contribution < -0.4 is 0 Å². The number of rotatable bonds is 7. The van der Waals surface area contributed by atoms with E-state index < -0.39 is 11.9 Å². The van der Waals surface area contributed by atoms with Crippen molar-refractivity contribution >= 4 is 35.1 Å². The molecule has 0 saturated carbocycles. The van der Waals surface area contributed by atoms with Gasteiger partial charge in [0.15, 0.2) is 0 Å². The number of esters is 2. The van der Waals surface area contributed by atoms with E-state index in [4.69, 9.17) is 32.7 Å². The molecule has 132 valence electrons. The zero-order valence-electron chi connectivity index (χ0n) is 13.7. The molecule has 6 heteroatoms. The van der Waals surface area contributed by atoms with E-state index in [1.165, 1.54) is 0 Å². The van der Waals surface area contributed by atoms with E-state index in [1.54, 1.807) is 48.5 Å². The molecule has 0 heterocycles. The zero-order chi connectivity index (χ0) is 18.2. The lowest BCUT2D eigenvalue weighted by Gasteiger charge is -2.16. The van der Waals surface area contributed by atoms with Crippen LogP contribution >= 0.6 is 23.2 Å². The molecule has 0 aromatic heterocycles. The topological polar surface area (TPSA) is 52.6 Å². The predicted molar refractivity (Wildman–Crippen MR) is 97.3 cm³/mol. The summed E-state index contributed by atoms with van der Waals surface area (Å²) in [6, 6.07) is 13.1. The van der Waals surface area contributed by atoms with Crippen molar-refractivity contribution in [3.63, 3.8) is 0 Å². The van der Waals surface area contributed by atoms with Gasteiger partial charge in [-0.05, 0) is 42.8 Å². The van der Waals surface area contributed by atoms with Gasteiger partial charge in [0.25, 0.3) is 0 Å². The third-order valence-electron chi connectivity index (χ3n) is 3.52. The number of benzene rings is 2. The molecule has 0 fully saturated rings. The highest BCUT2D eigenvalue weighted by molar-refractivity contribution is 6.31. The summed E-state index contributed by atoms with van der Waals surface area (Å²) < 4.78 is 10.6. The van der Waals surface area contributed by atoms with Crippen LogP contribution in [0.15, 0.2) is 48.5 Å². The van der Waals surface area contributed by atoms with Gasteiger partial charge in [-0.25, -0.2) is 9.59 Å². The average Bonchev–Trinajstić information content (AvgIpc) is 2.60. The van der Waals surface area contributed by atoms with Gasteiger partial charge in [0.2, 0.25) is 0 Å². The first kappa shape index (κ1) is 19.3. The van der Waals surface area contributed by atoms with Gasteiger partial charge in [-0.15, -0.1) is 0 Å². The second-order valence-electron chi connectivity index (χ2n) is 5.38. The molecule has 0 N–H and O–H groups in total. The summed E-state index contributed by atoms with van der Waals surface area (Å²) in [6.45, 7) is 2.04. The minimum atomic E-state index is -0.460. The van der Waals surface area contributed by atoms with E-state index in [2.05, 4.69) is 0 Å². The molecule has 2 aromatic rings. The van der Waals surface area contributed by atoms with Crippen molar-refractivity contribution in [1.29, 1.82) is 0 Å². The largest absolute Gasteiger partial charge is 0.462 e. The molecule has 1 unspecified atom stereocenters. The van der Waals surface area contributed by atoms with E-state index in [9.17, 15) is 9.59 Å². The molecule has 2 aromatic carbocycles. The molecule has 0 aliphatic carbocycles. The van der Waals surface area contributed by atoms with E-state index in [0.29, 0.717) is 34.0 Å². The third kappa shape index (κ3) is 6.07. The standard InChI is InChI=1S/C19H18Cl2O4/c1-2-17(25-19(23)14-6-4-8-16(21)12-14)9-10-24-18(22)13-5-3-7-15(20)11-13/h3-8,11-12,17H,2,9-10H2,1H3. The Bertz CT molecular complexity index is 746. The molecule has 0 aliphatic rings. The molecule has 4 nitrogen and oxygen atoms in total. The van der Waals surface area contributed by atoms with Crippen LogP contribution in [0.4, 0.5) is 0 Å². The Morgan fingerprint density at radius 3 is 2.04 bits per heavy atom. The highest BCUT2D eigenvalue weighted by Gasteiger charge is 2.16. The zero-order valence-corrected chi connectivity index (χ0v) is 15.2. The Morgan fingerprint density at radius 1 is 0.960 bits per heavy atom. The van der Waals surface area contributed by atoms with E-state index >= 15 is 0 Å². The van der Waals surface area contributed by atoms with Crippen LogP contribution in [0, 0.1) is 0 Å². The Labute approximate surface area is 156 Å². The quantitative estimate of drug-likeness (QED) is 0.621. The lowest BCUT2D eigenvalue weighted by atomic mass is 10.2. The summed E-state index contributed by atoms with van der Waals surface area (Å²) in [5.74, 6) is -0.908. The first-order valence-corrected chi connectivity index (χ1v) is 8.64. The van der Waals surface area contributed by atoms with Gasteiger partial charge in [-0.3, -0.25) is 0 Å². The number of halogens is 2. The lowest BCUT2D eigenvalue weighted by molar-refractivity contribution is 0.0177. The Kier molecular flexibility index (Phi) is 7.29. The summed E-state index contributed by atoms with van der Waals surface area (Å²) in [5, 5.41) is 0.939. The monoisotopic (exact) mass is 380 g/mol. The summed E-state index contributed by atoms with van der Waals surface area (Å²) >= 11 is 11.7. The second-order valence-corrected chi connectivity index (χ2v) is 6.25. The van der Waals surface area contributed by atoms with Crippen molar-refractivity contribution < 1.29 is 19.1 Å². The summed E-state index contributed by atoms with van der Waals surface area (Å²) in [5.41, 5.74) is 0.776. The number of hydrogen-bond donors (Lipinski definition) is 0. The maximum atomic E-state index is 12.1. The fraction of sp³-hybridized carbons (Fsp3) is 0.263. The van der Waals surface area contributed by atoms with Gasteiger partial charge in [-0.1, -0.05) is 42.3 Å². The number of carbonyl (C=O) groups is 2. The highest BCUT2D eigenvalue weighted by Crippen LogP contribution is 2.15. The molecular formula is C19H18Cl2O4. The molecular weight excluding hydrogens is 363 g/mol. The fourth-order valence-corrected chi connectivity index (χ4v) is 2.54. The maximum absolute atomic E-state index is 12.1. The Morgan fingerprint density at radius 2 is 1.52 bits per heavy atom. The Balaban J connectivity index is 1.83. The van der Waals surface area contributed by atoms with Crippen LogP contribution in [0.1, 0.15) is 40.5 Å². The van der Waals surface area contributed by atoms with Gasteiger partial charge in [-0.2, -0.15) is 0 Å². The van der Waals surface area contributed by atoms with Gasteiger partial charge < -0.3 is 9.47 Å². The van der Waals surface area contributed by atoms with Crippen molar-refractivity contribution in [1.82, 2.24) is 0 Å². The molecule has 2 rings (SSSR count). The molecule has 1 atom stereocenters. The summed E-state index contributed by atoms with van der Waals surface area (Å²) in [7, 11) is 0. The molecule has 0 radical (unpaired) electrons. The normalized spacial score (nSPS) is 11.6. The first-order valence-electron chi connectivity index (χ1n) is 7.89. The molecule has 0 bridgehead atoms. The average molecular weight is 381 g/mol. The second kappa shape index (κ2) is 9.44. The van der Waals surface area contributed by atoms with Crippen LogP contribution in [-0.4, -0.2) is 24.6 Å². The Hall–Kier alpha value is -2.04. The minimum Gasteiger partial charge on any atom is -0.462 e. The molecule has 0 spiro atoms. The van der Waals surface area contributed by atoms with Gasteiger partial charge in [0.05, 0.1) is 17.7 Å². The van der Waals surface area contributed by atoms with Crippen molar-refractivity contribution in [2.24, 2.45) is 0 Å². The lowest BCUT2D eigenvalue weighted by Crippen LogP contribution is -2.20. The SMILES string of the molecule is CCC(CCOC(=O)c1cccc(Cl)c1)OC(=O)c1cccc(Cl)c1. The van der Waals surface area contributed by atoms with Gasteiger partial charge >= 0.3 is 11.9 Å². The number of ether oxygens (including phenoxy) is 2. The van der Waals surface area contributed by atoms with E-state index in [1.807, 2.05) is 6.92 Å². The van der Waals surface area contributed by atoms with Crippen molar-refractivity contribution in [3.8, 4) is 0 Å². The molecule has 25 heavy (non-hydrogen) atoms. The number of hydrogen-bond acceptors (Lipinski definition) is 4. The van der Waals surface area contributed by atoms with Gasteiger partial charge in [0, 0.05) is 16.5 Å². The van der Waals surface area contributed by atoms with Crippen molar-refractivity contribution in [2.45, 2.75) is 25.9 Å². The third-order valence-corrected chi connectivity index (χ3v) is 3.99. The number of carbonyl (C=O) groups excluding carboxylic acids is 2. The summed E-state index contributed by atoms with van der Waals surface area (Å²) in [4.78, 5) is 24.1. The first-order chi connectivity index (χ1) is 12.0. The molecule has 0 amide bonds. The summed E-state index contributed by atoms with van der Waals surface area (Å²) in [6.07, 6.45) is 0.675. The van der Waals surface area contributed by atoms with E-state index in [-0.39, 0.29) is 12.7 Å². The van der Waals surface area contributed by atoms with Gasteiger partial charge in [0.1, 0.15) is 6.10 Å². The van der Waals surface area contributed by atoms with Crippen LogP contribution in [0.25, 0.3) is 0 Å². The van der Waals surface area contributed by atoms with Crippen molar-refractivity contribution in [2.75, 3.05) is 6.61 Å². The van der Waals surface area contributed by atoms with E-state index in [0.717, 1.165) is 0 Å². The molecule has 0 aliphatic heterocycles. The van der Waals surface area contributed by atoms with Crippen LogP contribution in [0.5, 0.6) is 0 Å². The fourth-order valence-electron chi connectivity index (χ4n) is 2.16. The predicted octanol–water partition coefficient (Wildman–Crippen LogP) is 5.18. The van der Waals surface area contributed by atoms with Crippen LogP contribution in [0.2, 0.25) is 10.0 Å². The van der Waals surface area contributed by atoms with Crippen LogP contribution in [0.3, 0.4) is 0 Å². The highest BCUT2D eigenvalue weighted by atomic mass is 35.5. The smallest absolute Gasteiger partial charge is 0.338 e. The van der Waals surface area contributed by atoms with Crippen LogP contribution in [-0.2, 0) is 9.47 Å². The van der Waals surface area contributed by atoms with Crippen molar-refractivity contribution in [3.05, 3.63) is 69.7 Å². The molecule has 0 saturated heterocycles. The minimum absolute atomic E-state index is 0.146. The maximum Gasteiger partial charge on any atom is 0.338 e.